The van der Waals surface area contributed by atoms with E-state index in [2.05, 4.69) is 5.32 Å². The van der Waals surface area contributed by atoms with Crippen molar-refractivity contribution in [3.8, 4) is 0 Å². The van der Waals surface area contributed by atoms with Gasteiger partial charge in [0, 0.05) is 7.05 Å². The predicted molar refractivity (Wildman–Crippen MR) is 34.7 cm³/mol. The lowest BCUT2D eigenvalue weighted by Crippen LogP contribution is -2.38. The quantitative estimate of drug-likeness (QED) is 0.404. The van der Waals surface area contributed by atoms with Crippen molar-refractivity contribution in [2.75, 3.05) is 13.6 Å². The van der Waals surface area contributed by atoms with E-state index in [1.54, 1.807) is 0 Å². The highest BCUT2D eigenvalue weighted by Gasteiger charge is 2.10. The number of carbonyl (C=O) groups is 3. The Kier molecular flexibility index (Phi) is 3.65. The number of nitrogens with one attached hydrogen (secondary N) is 2. The van der Waals surface area contributed by atoms with Crippen LogP contribution in [0.5, 0.6) is 0 Å². The molecule has 0 saturated carbocycles. The molecule has 3 N–H and O–H groups in total. The summed E-state index contributed by atoms with van der Waals surface area (Å²) in [5.41, 5.74) is 0. The highest BCUT2D eigenvalue weighted by atomic mass is 16.4. The normalized spacial score (nSPS) is 8.45. The lowest BCUT2D eigenvalue weighted by atomic mass is 10.5. The van der Waals surface area contributed by atoms with E-state index in [1.165, 1.54) is 7.05 Å². The van der Waals surface area contributed by atoms with Crippen LogP contribution in [0.2, 0.25) is 0 Å². The Hall–Kier alpha value is -1.59. The molecule has 0 fully saturated rings. The largest absolute Gasteiger partial charge is 0.474 e. The van der Waals surface area contributed by atoms with Gasteiger partial charge in [-0.3, -0.25) is 9.59 Å². The topological polar surface area (TPSA) is 95.5 Å². The fraction of sp³-hybridized carbons (Fsp3) is 0.400. The van der Waals surface area contributed by atoms with E-state index in [0.29, 0.717) is 0 Å². The van der Waals surface area contributed by atoms with Crippen molar-refractivity contribution in [2.24, 2.45) is 0 Å². The Morgan fingerprint density at radius 2 is 1.91 bits per heavy atom. The van der Waals surface area contributed by atoms with Gasteiger partial charge >= 0.3 is 11.9 Å². The molecule has 62 valence electrons. The minimum atomic E-state index is -1.60. The number of carboxylic acids is 1. The zero-order valence-corrected chi connectivity index (χ0v) is 5.88. The Labute approximate surface area is 62.6 Å². The summed E-state index contributed by atoms with van der Waals surface area (Å²) in [6.07, 6.45) is 0. The van der Waals surface area contributed by atoms with Crippen LogP contribution >= 0.6 is 0 Å². The third-order valence-corrected chi connectivity index (χ3v) is 0.883. The molecule has 0 bridgehead atoms. The van der Waals surface area contributed by atoms with Crippen LogP contribution in [-0.4, -0.2) is 36.5 Å². The van der Waals surface area contributed by atoms with Gasteiger partial charge in [-0.15, -0.1) is 0 Å². The van der Waals surface area contributed by atoms with Crippen LogP contribution in [0.1, 0.15) is 0 Å². The summed E-state index contributed by atoms with van der Waals surface area (Å²) in [5.74, 6) is -3.23. The number of rotatable bonds is 2. The highest BCUT2D eigenvalue weighted by molar-refractivity contribution is 6.31. The maximum Gasteiger partial charge on any atom is 0.394 e. The van der Waals surface area contributed by atoms with Gasteiger partial charge in [-0.2, -0.15) is 0 Å². The van der Waals surface area contributed by atoms with E-state index in [-0.39, 0.29) is 6.54 Å². The number of amides is 2. The zero-order chi connectivity index (χ0) is 8.85. The maximum atomic E-state index is 10.4. The van der Waals surface area contributed by atoms with Gasteiger partial charge in [0.05, 0.1) is 6.54 Å². The molecule has 0 rings (SSSR count). The van der Waals surface area contributed by atoms with Gasteiger partial charge in [0.1, 0.15) is 0 Å². The number of carboxylic acid groups (broad SMARTS) is 1. The summed E-state index contributed by atoms with van der Waals surface area (Å²) in [5, 5.41) is 12.1. The second-order valence-corrected chi connectivity index (χ2v) is 1.66. The minimum absolute atomic E-state index is 0.318. The average molecular weight is 160 g/mol. The Morgan fingerprint density at radius 3 is 2.27 bits per heavy atom. The average Bonchev–Trinajstić information content (AvgIpc) is 1.99. The fourth-order valence-electron chi connectivity index (χ4n) is 0.325. The van der Waals surface area contributed by atoms with Gasteiger partial charge in [-0.25, -0.2) is 4.79 Å². The van der Waals surface area contributed by atoms with Gasteiger partial charge in [0.15, 0.2) is 0 Å². The van der Waals surface area contributed by atoms with Crippen LogP contribution in [0, 0.1) is 0 Å². The first-order valence-electron chi connectivity index (χ1n) is 2.79. The van der Waals surface area contributed by atoms with Crippen LogP contribution < -0.4 is 10.6 Å². The minimum Gasteiger partial charge on any atom is -0.474 e. The first-order valence-corrected chi connectivity index (χ1v) is 2.79. The third-order valence-electron chi connectivity index (χ3n) is 0.883. The number of hydrogen-bond acceptors (Lipinski definition) is 3. The van der Waals surface area contributed by atoms with Gasteiger partial charge < -0.3 is 15.7 Å². The van der Waals surface area contributed by atoms with Crippen molar-refractivity contribution >= 4 is 17.8 Å². The maximum absolute atomic E-state index is 10.4. The van der Waals surface area contributed by atoms with Gasteiger partial charge in [0.2, 0.25) is 5.91 Å². The second-order valence-electron chi connectivity index (χ2n) is 1.66. The Balaban J connectivity index is 3.63. The molecule has 0 spiro atoms. The van der Waals surface area contributed by atoms with E-state index in [1.807, 2.05) is 5.32 Å². The number of likely N-dealkylation sites (N-methyl/N-ethyl adjacent to an activating group) is 1. The summed E-state index contributed by atoms with van der Waals surface area (Å²) in [6.45, 7) is -0.318. The lowest BCUT2D eigenvalue weighted by molar-refractivity contribution is -0.150. The van der Waals surface area contributed by atoms with Crippen LogP contribution in [-0.2, 0) is 14.4 Å². The van der Waals surface area contributed by atoms with Crippen LogP contribution in [0.4, 0.5) is 0 Å². The molecule has 0 aliphatic rings. The van der Waals surface area contributed by atoms with Gasteiger partial charge in [0.25, 0.3) is 0 Å². The van der Waals surface area contributed by atoms with Crippen molar-refractivity contribution < 1.29 is 19.5 Å². The molecule has 0 aromatic carbocycles. The standard InChI is InChI=1S/C5H8N2O4/c1-6-3(8)2-7-4(9)5(10)11/h2H2,1H3,(H,6,8)(H,7,9)(H,10,11). The molecule has 0 aliphatic carbocycles. The smallest absolute Gasteiger partial charge is 0.394 e. The van der Waals surface area contributed by atoms with Crippen molar-refractivity contribution in [1.29, 1.82) is 0 Å². The molecule has 0 atom stereocenters. The zero-order valence-electron chi connectivity index (χ0n) is 5.88. The molecule has 0 aliphatic heterocycles. The van der Waals surface area contributed by atoms with Crippen LogP contribution in [0.15, 0.2) is 0 Å². The molecule has 6 nitrogen and oxygen atoms in total. The van der Waals surface area contributed by atoms with E-state index >= 15 is 0 Å². The Bertz CT molecular complexity index is 189. The number of carbonyl (C=O) groups excluding carboxylic acids is 2. The first kappa shape index (κ1) is 9.41. The van der Waals surface area contributed by atoms with Crippen LogP contribution in [0.3, 0.4) is 0 Å². The summed E-state index contributed by atoms with van der Waals surface area (Å²) in [4.78, 5) is 30.5. The number of hydrogen-bond donors (Lipinski definition) is 3. The Morgan fingerprint density at radius 1 is 1.36 bits per heavy atom. The molecule has 0 saturated heterocycles. The molecule has 11 heavy (non-hydrogen) atoms. The summed E-state index contributed by atoms with van der Waals surface area (Å²) in [7, 11) is 1.38. The lowest BCUT2D eigenvalue weighted by Gasteiger charge is -1.98. The van der Waals surface area contributed by atoms with E-state index in [9.17, 15) is 14.4 Å². The summed E-state index contributed by atoms with van der Waals surface area (Å²) in [6, 6.07) is 0. The monoisotopic (exact) mass is 160 g/mol. The van der Waals surface area contributed by atoms with Crippen molar-refractivity contribution in [3.05, 3.63) is 0 Å². The summed E-state index contributed by atoms with van der Waals surface area (Å²) >= 11 is 0. The predicted octanol–water partition coefficient (Wildman–Crippen LogP) is -2.07. The van der Waals surface area contributed by atoms with E-state index in [4.69, 9.17) is 5.11 Å². The first-order chi connectivity index (χ1) is 5.07. The molecule has 2 amide bonds. The molecular formula is C5H8N2O4. The number of aliphatic carboxylic acids is 1. The van der Waals surface area contributed by atoms with Crippen molar-refractivity contribution in [2.45, 2.75) is 0 Å². The molecular weight excluding hydrogens is 152 g/mol. The van der Waals surface area contributed by atoms with Gasteiger partial charge in [-0.1, -0.05) is 0 Å². The molecule has 6 heteroatoms. The van der Waals surface area contributed by atoms with Crippen molar-refractivity contribution in [1.82, 2.24) is 10.6 Å². The van der Waals surface area contributed by atoms with Gasteiger partial charge in [-0.05, 0) is 0 Å². The SMILES string of the molecule is CNC(=O)CNC(=O)C(=O)O. The van der Waals surface area contributed by atoms with Crippen molar-refractivity contribution in [3.63, 3.8) is 0 Å². The molecule has 0 unspecified atom stereocenters. The van der Waals surface area contributed by atoms with E-state index in [0.717, 1.165) is 0 Å². The molecule has 0 aromatic rings. The van der Waals surface area contributed by atoms with Crippen LogP contribution in [0.25, 0.3) is 0 Å². The molecule has 0 radical (unpaired) electrons. The molecule has 0 heterocycles. The highest BCUT2D eigenvalue weighted by Crippen LogP contribution is 1.66. The fourth-order valence-corrected chi connectivity index (χ4v) is 0.325. The summed E-state index contributed by atoms with van der Waals surface area (Å²) < 4.78 is 0. The second kappa shape index (κ2) is 4.26. The third kappa shape index (κ3) is 3.90. The molecule has 0 aromatic heterocycles. The van der Waals surface area contributed by atoms with E-state index < -0.39 is 17.8 Å².